The Hall–Kier alpha value is -1.60. The fourth-order valence-corrected chi connectivity index (χ4v) is 4.27. The zero-order valence-electron chi connectivity index (χ0n) is 12.6. The normalized spacial score (nSPS) is 28.3. The number of hydrogen-bond donors (Lipinski definition) is 1. The lowest BCUT2D eigenvalue weighted by Crippen LogP contribution is -2.35. The summed E-state index contributed by atoms with van der Waals surface area (Å²) in [5.41, 5.74) is 1.42. The molecular weight excluding hydrogens is 254 g/mol. The lowest BCUT2D eigenvalue weighted by Gasteiger charge is -2.26. The van der Waals surface area contributed by atoms with Gasteiger partial charge < -0.3 is 5.32 Å². The largest absolute Gasteiger partial charge is 0.310 e. The number of rotatable bonds is 4. The van der Waals surface area contributed by atoms with Crippen LogP contribution in [0.1, 0.15) is 25.3 Å². The molecule has 2 aromatic carbocycles. The van der Waals surface area contributed by atoms with Crippen LogP contribution in [0.25, 0.3) is 10.8 Å². The number of fused-ring (bicyclic) bond motifs is 3. The average molecular weight is 277 g/mol. The number of allylic oxidation sites excluding steroid dienone is 2. The lowest BCUT2D eigenvalue weighted by molar-refractivity contribution is 0.327. The molecule has 0 amide bonds. The number of hydrogen-bond acceptors (Lipinski definition) is 1. The van der Waals surface area contributed by atoms with Crippen molar-refractivity contribution in [2.24, 2.45) is 17.8 Å². The quantitative estimate of drug-likeness (QED) is 0.810. The van der Waals surface area contributed by atoms with E-state index < -0.39 is 0 Å². The second kappa shape index (κ2) is 5.31. The molecule has 2 aromatic rings. The van der Waals surface area contributed by atoms with E-state index in [0.29, 0.717) is 6.04 Å². The van der Waals surface area contributed by atoms with Gasteiger partial charge in [0, 0.05) is 12.6 Å². The molecule has 0 aliphatic heterocycles. The van der Waals surface area contributed by atoms with E-state index in [1.807, 2.05) is 0 Å². The van der Waals surface area contributed by atoms with Gasteiger partial charge in [0.1, 0.15) is 0 Å². The number of benzene rings is 2. The highest BCUT2D eigenvalue weighted by Crippen LogP contribution is 2.44. The second-order valence-corrected chi connectivity index (χ2v) is 6.75. The van der Waals surface area contributed by atoms with Gasteiger partial charge in [0.25, 0.3) is 0 Å². The Labute approximate surface area is 127 Å². The summed E-state index contributed by atoms with van der Waals surface area (Å²) in [5, 5.41) is 6.51. The van der Waals surface area contributed by atoms with Crippen molar-refractivity contribution in [2.45, 2.75) is 32.4 Å². The summed E-state index contributed by atoms with van der Waals surface area (Å²) in [4.78, 5) is 0. The van der Waals surface area contributed by atoms with Gasteiger partial charge in [-0.3, -0.25) is 0 Å². The molecule has 4 atom stereocenters. The van der Waals surface area contributed by atoms with Gasteiger partial charge in [0.15, 0.2) is 0 Å². The molecule has 0 heterocycles. The Morgan fingerprint density at radius 3 is 2.71 bits per heavy atom. The molecule has 1 heteroatoms. The van der Waals surface area contributed by atoms with Crippen molar-refractivity contribution in [1.82, 2.24) is 5.32 Å². The SMILES string of the molecule is CC(NCc1cccc2ccccc12)C1CC2C=CC1C2. The summed E-state index contributed by atoms with van der Waals surface area (Å²) in [6.07, 6.45) is 7.66. The molecule has 0 radical (unpaired) electrons. The monoisotopic (exact) mass is 277 g/mol. The third-order valence-corrected chi connectivity index (χ3v) is 5.47. The summed E-state index contributed by atoms with van der Waals surface area (Å²) >= 11 is 0. The summed E-state index contributed by atoms with van der Waals surface area (Å²) < 4.78 is 0. The smallest absolute Gasteiger partial charge is 0.0214 e. The molecule has 2 aliphatic rings. The first kappa shape index (κ1) is 13.1. The topological polar surface area (TPSA) is 12.0 Å². The van der Waals surface area contributed by atoms with E-state index in [-0.39, 0.29) is 0 Å². The minimum atomic E-state index is 0.601. The molecular formula is C20H23N. The van der Waals surface area contributed by atoms with Crippen LogP contribution < -0.4 is 5.32 Å². The van der Waals surface area contributed by atoms with Crippen molar-refractivity contribution in [2.75, 3.05) is 0 Å². The van der Waals surface area contributed by atoms with E-state index in [1.165, 1.54) is 29.2 Å². The molecule has 1 saturated carbocycles. The first-order valence-corrected chi connectivity index (χ1v) is 8.19. The van der Waals surface area contributed by atoms with Crippen molar-refractivity contribution in [3.8, 4) is 0 Å². The Kier molecular flexibility index (Phi) is 3.31. The summed E-state index contributed by atoms with van der Waals surface area (Å²) in [6.45, 7) is 3.34. The van der Waals surface area contributed by atoms with E-state index in [1.54, 1.807) is 0 Å². The fourth-order valence-electron chi connectivity index (χ4n) is 4.27. The average Bonchev–Trinajstić information content (AvgIpc) is 3.15. The highest BCUT2D eigenvalue weighted by molar-refractivity contribution is 5.85. The van der Waals surface area contributed by atoms with Gasteiger partial charge in [0.05, 0.1) is 0 Å². The number of nitrogens with one attached hydrogen (secondary N) is 1. The van der Waals surface area contributed by atoms with Crippen LogP contribution in [0.3, 0.4) is 0 Å². The van der Waals surface area contributed by atoms with Gasteiger partial charge in [-0.2, -0.15) is 0 Å². The predicted octanol–water partition coefficient (Wildman–Crippen LogP) is 4.53. The van der Waals surface area contributed by atoms with E-state index in [0.717, 1.165) is 24.3 Å². The highest BCUT2D eigenvalue weighted by Gasteiger charge is 2.38. The molecule has 2 aliphatic carbocycles. The molecule has 0 saturated heterocycles. The maximum absolute atomic E-state index is 3.78. The summed E-state index contributed by atoms with van der Waals surface area (Å²) in [7, 11) is 0. The Morgan fingerprint density at radius 1 is 1.05 bits per heavy atom. The Bertz CT molecular complexity index is 667. The van der Waals surface area contributed by atoms with Crippen LogP contribution in [0.5, 0.6) is 0 Å². The fraction of sp³-hybridized carbons (Fsp3) is 0.400. The van der Waals surface area contributed by atoms with Crippen LogP contribution in [-0.4, -0.2) is 6.04 Å². The van der Waals surface area contributed by atoms with E-state index in [9.17, 15) is 0 Å². The molecule has 1 N–H and O–H groups in total. The Balaban J connectivity index is 1.47. The van der Waals surface area contributed by atoms with Crippen LogP contribution in [0.2, 0.25) is 0 Å². The molecule has 1 nitrogen and oxygen atoms in total. The molecule has 108 valence electrons. The molecule has 0 spiro atoms. The maximum atomic E-state index is 3.78. The van der Waals surface area contributed by atoms with E-state index in [2.05, 4.69) is 66.9 Å². The van der Waals surface area contributed by atoms with Crippen LogP contribution in [0.4, 0.5) is 0 Å². The van der Waals surface area contributed by atoms with Gasteiger partial charge in [-0.05, 0) is 53.9 Å². The summed E-state index contributed by atoms with van der Waals surface area (Å²) in [6, 6.07) is 15.9. The van der Waals surface area contributed by atoms with Crippen LogP contribution in [0, 0.1) is 17.8 Å². The van der Waals surface area contributed by atoms with Crippen molar-refractivity contribution in [3.63, 3.8) is 0 Å². The van der Waals surface area contributed by atoms with Crippen LogP contribution in [0.15, 0.2) is 54.6 Å². The first-order valence-electron chi connectivity index (χ1n) is 8.19. The predicted molar refractivity (Wildman–Crippen MR) is 89.1 cm³/mol. The Morgan fingerprint density at radius 2 is 1.90 bits per heavy atom. The minimum Gasteiger partial charge on any atom is -0.310 e. The van der Waals surface area contributed by atoms with E-state index in [4.69, 9.17) is 0 Å². The molecule has 1 fully saturated rings. The lowest BCUT2D eigenvalue weighted by atomic mass is 9.87. The highest BCUT2D eigenvalue weighted by atomic mass is 14.9. The van der Waals surface area contributed by atoms with Gasteiger partial charge >= 0.3 is 0 Å². The minimum absolute atomic E-state index is 0.601. The van der Waals surface area contributed by atoms with Gasteiger partial charge in [-0.1, -0.05) is 54.6 Å². The van der Waals surface area contributed by atoms with Gasteiger partial charge in [0.2, 0.25) is 0 Å². The van der Waals surface area contributed by atoms with Crippen molar-refractivity contribution in [1.29, 1.82) is 0 Å². The maximum Gasteiger partial charge on any atom is 0.0214 e. The van der Waals surface area contributed by atoms with Crippen LogP contribution >= 0.6 is 0 Å². The molecule has 4 rings (SSSR count). The zero-order chi connectivity index (χ0) is 14.2. The summed E-state index contributed by atoms with van der Waals surface area (Å²) in [5.74, 6) is 2.52. The molecule has 2 bridgehead atoms. The second-order valence-electron chi connectivity index (χ2n) is 6.75. The molecule has 0 aromatic heterocycles. The van der Waals surface area contributed by atoms with Gasteiger partial charge in [-0.25, -0.2) is 0 Å². The molecule has 21 heavy (non-hydrogen) atoms. The van der Waals surface area contributed by atoms with Crippen molar-refractivity contribution >= 4 is 10.8 Å². The van der Waals surface area contributed by atoms with Crippen molar-refractivity contribution < 1.29 is 0 Å². The zero-order valence-corrected chi connectivity index (χ0v) is 12.6. The third-order valence-electron chi connectivity index (χ3n) is 5.47. The van der Waals surface area contributed by atoms with Crippen molar-refractivity contribution in [3.05, 3.63) is 60.2 Å². The van der Waals surface area contributed by atoms with Gasteiger partial charge in [-0.15, -0.1) is 0 Å². The third kappa shape index (κ3) is 2.40. The van der Waals surface area contributed by atoms with Crippen LogP contribution in [-0.2, 0) is 6.54 Å². The standard InChI is InChI=1S/C20H23N/c1-14(20-12-15-9-10-17(20)11-15)21-13-18-7-4-6-16-5-2-3-8-19(16)18/h2-10,14-15,17,20-21H,11-13H2,1H3. The molecule has 4 unspecified atom stereocenters. The van der Waals surface area contributed by atoms with E-state index >= 15 is 0 Å². The first-order chi connectivity index (χ1) is 10.3.